The van der Waals surface area contributed by atoms with Crippen molar-refractivity contribution < 1.29 is 4.79 Å². The molecule has 1 N–H and O–H groups in total. The van der Waals surface area contributed by atoms with Crippen molar-refractivity contribution >= 4 is 22.5 Å². The first kappa shape index (κ1) is 16.5. The number of amides is 2. The van der Waals surface area contributed by atoms with Crippen molar-refractivity contribution in [3.8, 4) is 6.07 Å². The topological polar surface area (TPSA) is 69.0 Å². The van der Waals surface area contributed by atoms with E-state index >= 15 is 0 Å². The maximum absolute atomic E-state index is 12.8. The Morgan fingerprint density at radius 3 is 2.76 bits per heavy atom. The fraction of sp³-hybridized carbons (Fsp3) is 0.150. The molecular formula is C20H18N4O. The Hall–Kier alpha value is -3.39. The molecule has 124 valence electrons. The van der Waals surface area contributed by atoms with Crippen molar-refractivity contribution in [3.63, 3.8) is 0 Å². The molecule has 0 unspecified atom stereocenters. The SMILES string of the molecule is N#CCCN(Cc1cccnc1)C(=O)Nc1cccc2ccccc12. The van der Waals surface area contributed by atoms with Crippen LogP contribution in [0.2, 0.25) is 0 Å². The fourth-order valence-electron chi connectivity index (χ4n) is 2.68. The summed E-state index contributed by atoms with van der Waals surface area (Å²) in [5, 5.41) is 13.9. The number of carbonyl (C=O) groups excluding carboxylic acids is 1. The molecule has 0 atom stereocenters. The molecule has 2 amide bonds. The molecule has 5 heteroatoms. The first-order valence-electron chi connectivity index (χ1n) is 8.07. The number of carbonyl (C=O) groups is 1. The van der Waals surface area contributed by atoms with Crippen LogP contribution in [0.15, 0.2) is 67.0 Å². The summed E-state index contributed by atoms with van der Waals surface area (Å²) in [6.07, 6.45) is 3.70. The number of anilines is 1. The van der Waals surface area contributed by atoms with Gasteiger partial charge in [0, 0.05) is 30.9 Å². The minimum absolute atomic E-state index is 0.226. The molecule has 0 aliphatic carbocycles. The molecule has 25 heavy (non-hydrogen) atoms. The molecule has 5 nitrogen and oxygen atoms in total. The van der Waals surface area contributed by atoms with Gasteiger partial charge in [0.05, 0.1) is 18.2 Å². The Morgan fingerprint density at radius 2 is 1.96 bits per heavy atom. The maximum Gasteiger partial charge on any atom is 0.322 e. The van der Waals surface area contributed by atoms with Gasteiger partial charge in [0.2, 0.25) is 0 Å². The van der Waals surface area contributed by atoms with E-state index in [1.54, 1.807) is 17.3 Å². The molecule has 1 aromatic heterocycles. The highest BCUT2D eigenvalue weighted by Gasteiger charge is 2.15. The summed E-state index contributed by atoms with van der Waals surface area (Å²) in [6.45, 7) is 0.772. The molecule has 0 saturated heterocycles. The van der Waals surface area contributed by atoms with Gasteiger partial charge in [0.15, 0.2) is 0 Å². The zero-order chi connectivity index (χ0) is 17.5. The van der Waals surface area contributed by atoms with Crippen LogP contribution in [-0.2, 0) is 6.54 Å². The first-order valence-corrected chi connectivity index (χ1v) is 8.07. The van der Waals surface area contributed by atoms with Crippen LogP contribution in [0.4, 0.5) is 10.5 Å². The Balaban J connectivity index is 1.80. The largest absolute Gasteiger partial charge is 0.322 e. The van der Waals surface area contributed by atoms with E-state index in [-0.39, 0.29) is 12.5 Å². The van der Waals surface area contributed by atoms with Crippen LogP contribution >= 0.6 is 0 Å². The second-order valence-electron chi connectivity index (χ2n) is 5.65. The van der Waals surface area contributed by atoms with E-state index in [9.17, 15) is 4.79 Å². The number of pyridine rings is 1. The summed E-state index contributed by atoms with van der Waals surface area (Å²) in [7, 11) is 0. The molecular weight excluding hydrogens is 312 g/mol. The molecule has 0 saturated carbocycles. The lowest BCUT2D eigenvalue weighted by atomic mass is 10.1. The lowest BCUT2D eigenvalue weighted by Crippen LogP contribution is -2.35. The van der Waals surface area contributed by atoms with E-state index in [0.717, 1.165) is 22.0 Å². The molecule has 0 aliphatic rings. The molecule has 0 aliphatic heterocycles. The summed E-state index contributed by atoms with van der Waals surface area (Å²) < 4.78 is 0. The smallest absolute Gasteiger partial charge is 0.319 e. The van der Waals surface area contributed by atoms with E-state index in [1.807, 2.05) is 54.6 Å². The molecule has 0 spiro atoms. The second-order valence-corrected chi connectivity index (χ2v) is 5.65. The third-order valence-electron chi connectivity index (χ3n) is 3.91. The van der Waals surface area contributed by atoms with Crippen molar-refractivity contribution in [1.29, 1.82) is 5.26 Å². The van der Waals surface area contributed by atoms with Crippen LogP contribution in [0.5, 0.6) is 0 Å². The number of nitrogens with zero attached hydrogens (tertiary/aromatic N) is 3. The van der Waals surface area contributed by atoms with Crippen molar-refractivity contribution in [1.82, 2.24) is 9.88 Å². The van der Waals surface area contributed by atoms with Crippen LogP contribution in [0.25, 0.3) is 10.8 Å². The van der Waals surface area contributed by atoms with Gasteiger partial charge in [-0.1, -0.05) is 42.5 Å². The minimum Gasteiger partial charge on any atom is -0.319 e. The van der Waals surface area contributed by atoms with E-state index < -0.39 is 0 Å². The van der Waals surface area contributed by atoms with Crippen LogP contribution in [-0.4, -0.2) is 22.5 Å². The third-order valence-corrected chi connectivity index (χ3v) is 3.91. The Kier molecular flexibility index (Phi) is 5.22. The Morgan fingerprint density at radius 1 is 1.12 bits per heavy atom. The molecule has 0 bridgehead atoms. The number of rotatable bonds is 5. The van der Waals surface area contributed by atoms with Crippen molar-refractivity contribution in [2.24, 2.45) is 0 Å². The van der Waals surface area contributed by atoms with Gasteiger partial charge in [0.1, 0.15) is 0 Å². The number of fused-ring (bicyclic) bond motifs is 1. The van der Waals surface area contributed by atoms with Crippen molar-refractivity contribution in [2.45, 2.75) is 13.0 Å². The number of nitriles is 1. The summed E-state index contributed by atoms with van der Waals surface area (Å²) in [4.78, 5) is 18.5. The molecule has 3 rings (SSSR count). The average molecular weight is 330 g/mol. The molecule has 3 aromatic rings. The van der Waals surface area contributed by atoms with E-state index in [4.69, 9.17) is 5.26 Å². The van der Waals surface area contributed by atoms with Crippen molar-refractivity contribution in [3.05, 3.63) is 72.6 Å². The Labute approximate surface area is 146 Å². The van der Waals surface area contributed by atoms with E-state index in [1.165, 1.54) is 0 Å². The normalized spacial score (nSPS) is 10.2. The number of nitrogens with one attached hydrogen (secondary N) is 1. The lowest BCUT2D eigenvalue weighted by Gasteiger charge is -2.22. The first-order chi connectivity index (χ1) is 12.3. The van der Waals surface area contributed by atoms with Gasteiger partial charge < -0.3 is 10.2 Å². The van der Waals surface area contributed by atoms with Crippen LogP contribution in [0, 0.1) is 11.3 Å². The summed E-state index contributed by atoms with van der Waals surface area (Å²) >= 11 is 0. The predicted octanol–water partition coefficient (Wildman–Crippen LogP) is 4.18. The molecule has 0 radical (unpaired) electrons. The number of benzene rings is 2. The highest BCUT2D eigenvalue weighted by Crippen LogP contribution is 2.23. The van der Waals surface area contributed by atoms with Crippen LogP contribution in [0.3, 0.4) is 0 Å². The van der Waals surface area contributed by atoms with Gasteiger partial charge in [-0.05, 0) is 23.1 Å². The third kappa shape index (κ3) is 4.12. The van der Waals surface area contributed by atoms with Crippen molar-refractivity contribution in [2.75, 3.05) is 11.9 Å². The standard InChI is InChI=1S/C20H18N4O/c21-11-5-13-24(15-16-6-4-12-22-14-16)20(25)23-19-10-3-8-17-7-1-2-9-18(17)19/h1-4,6-10,12,14H,5,13,15H2,(H,23,25). The van der Waals surface area contributed by atoms with Gasteiger partial charge in [-0.25, -0.2) is 4.79 Å². The second kappa shape index (κ2) is 7.93. The highest BCUT2D eigenvalue weighted by atomic mass is 16.2. The molecule has 2 aromatic carbocycles. The number of aromatic nitrogens is 1. The summed E-state index contributed by atoms with van der Waals surface area (Å²) in [5.74, 6) is 0. The summed E-state index contributed by atoms with van der Waals surface area (Å²) in [5.41, 5.74) is 1.68. The fourth-order valence-corrected chi connectivity index (χ4v) is 2.68. The monoisotopic (exact) mass is 330 g/mol. The number of urea groups is 1. The Bertz CT molecular complexity index is 897. The zero-order valence-corrected chi connectivity index (χ0v) is 13.7. The molecule has 1 heterocycles. The van der Waals surface area contributed by atoms with Gasteiger partial charge in [-0.15, -0.1) is 0 Å². The van der Waals surface area contributed by atoms with Gasteiger partial charge in [-0.2, -0.15) is 5.26 Å². The van der Waals surface area contributed by atoms with E-state index in [2.05, 4.69) is 16.4 Å². The highest BCUT2D eigenvalue weighted by molar-refractivity contribution is 6.01. The van der Waals surface area contributed by atoms with Gasteiger partial charge in [0.25, 0.3) is 0 Å². The maximum atomic E-state index is 12.8. The zero-order valence-electron chi connectivity index (χ0n) is 13.7. The average Bonchev–Trinajstić information content (AvgIpc) is 2.66. The summed E-state index contributed by atoms with van der Waals surface area (Å²) in [6, 6.07) is 19.3. The van der Waals surface area contributed by atoms with Crippen LogP contribution < -0.4 is 5.32 Å². The van der Waals surface area contributed by atoms with Gasteiger partial charge in [-0.3, -0.25) is 4.98 Å². The van der Waals surface area contributed by atoms with Crippen LogP contribution in [0.1, 0.15) is 12.0 Å². The quantitative estimate of drug-likeness (QED) is 0.763. The number of hydrogen-bond donors (Lipinski definition) is 1. The molecule has 0 fully saturated rings. The number of hydrogen-bond acceptors (Lipinski definition) is 3. The van der Waals surface area contributed by atoms with Gasteiger partial charge >= 0.3 is 6.03 Å². The predicted molar refractivity (Wildman–Crippen MR) is 97.8 cm³/mol. The minimum atomic E-state index is -0.226. The lowest BCUT2D eigenvalue weighted by molar-refractivity contribution is 0.210. The van der Waals surface area contributed by atoms with E-state index in [0.29, 0.717) is 13.1 Å².